The van der Waals surface area contributed by atoms with Crippen LogP contribution < -0.4 is 10.2 Å². The van der Waals surface area contributed by atoms with Gasteiger partial charge >= 0.3 is 5.97 Å². The number of piperazine rings is 1. The molecule has 0 saturated carbocycles. The highest BCUT2D eigenvalue weighted by molar-refractivity contribution is 6.17. The lowest BCUT2D eigenvalue weighted by atomic mass is 10.1. The van der Waals surface area contributed by atoms with Crippen molar-refractivity contribution >= 4 is 29.2 Å². The first kappa shape index (κ1) is 18.9. The van der Waals surface area contributed by atoms with Gasteiger partial charge in [-0.15, -0.1) is 0 Å². The van der Waals surface area contributed by atoms with Gasteiger partial charge in [0, 0.05) is 37.9 Å². The highest BCUT2D eigenvalue weighted by Crippen LogP contribution is 2.26. The number of aliphatic hydroxyl groups excluding tert-OH is 1. The molecule has 0 unspecified atom stereocenters. The topological polar surface area (TPSA) is 113 Å². The van der Waals surface area contributed by atoms with E-state index in [1.54, 1.807) is 18.2 Å². The molecule has 2 heterocycles. The number of aliphatic hydroxyl groups is 1. The zero-order valence-electron chi connectivity index (χ0n) is 15.0. The summed E-state index contributed by atoms with van der Waals surface area (Å²) >= 11 is 0. The molecule has 2 aliphatic heterocycles. The minimum atomic E-state index is -1.13. The number of carboxylic acids is 1. The van der Waals surface area contributed by atoms with Crippen molar-refractivity contribution in [2.24, 2.45) is 0 Å². The highest BCUT2D eigenvalue weighted by Gasteiger charge is 2.31. The maximum absolute atomic E-state index is 12.2. The number of β-amino-alcohol motifs (C(OH)–C–C–N with tert-alkyl or cyclic N) is 1. The van der Waals surface area contributed by atoms with Crippen LogP contribution in [0.25, 0.3) is 0 Å². The summed E-state index contributed by atoms with van der Waals surface area (Å²) < 4.78 is 0. The average molecular weight is 374 g/mol. The number of carbonyl (C=O) groups is 3. The molecular weight excluding hydrogens is 352 g/mol. The molecule has 0 spiro atoms. The van der Waals surface area contributed by atoms with E-state index in [0.717, 1.165) is 42.8 Å². The van der Waals surface area contributed by atoms with Crippen LogP contribution in [0.2, 0.25) is 0 Å². The number of benzene rings is 1. The van der Waals surface area contributed by atoms with E-state index in [0.29, 0.717) is 0 Å². The second-order valence-corrected chi connectivity index (χ2v) is 6.53. The molecule has 1 fully saturated rings. The first-order valence-corrected chi connectivity index (χ1v) is 8.67. The van der Waals surface area contributed by atoms with Crippen LogP contribution in [0.3, 0.4) is 0 Å². The summed E-state index contributed by atoms with van der Waals surface area (Å²) in [5, 5.41) is 21.3. The number of likely N-dealkylation sites (N-methyl/N-ethyl adjacent to an activating group) is 1. The molecule has 0 aliphatic carbocycles. The fourth-order valence-corrected chi connectivity index (χ4v) is 3.13. The molecule has 2 aliphatic rings. The molecule has 2 amide bonds. The molecule has 0 aromatic heterocycles. The Kier molecular flexibility index (Phi) is 5.43. The van der Waals surface area contributed by atoms with E-state index >= 15 is 0 Å². The van der Waals surface area contributed by atoms with Gasteiger partial charge in [0.25, 0.3) is 11.8 Å². The van der Waals surface area contributed by atoms with Crippen molar-refractivity contribution in [2.45, 2.75) is 0 Å². The fourth-order valence-electron chi connectivity index (χ4n) is 3.13. The first-order valence-electron chi connectivity index (χ1n) is 8.67. The first-order chi connectivity index (χ1) is 12.9. The molecule has 1 aromatic carbocycles. The fraction of sp³-hybridized carbons (Fsp3) is 0.389. The van der Waals surface area contributed by atoms with Crippen LogP contribution in [0.4, 0.5) is 11.4 Å². The second-order valence-electron chi connectivity index (χ2n) is 6.53. The molecule has 9 heteroatoms. The van der Waals surface area contributed by atoms with Crippen molar-refractivity contribution < 1.29 is 24.6 Å². The highest BCUT2D eigenvalue weighted by atomic mass is 16.4. The molecule has 1 saturated heterocycles. The predicted octanol–water partition coefficient (Wildman–Crippen LogP) is -0.206. The maximum atomic E-state index is 12.2. The number of imide groups is 1. The Morgan fingerprint density at radius 3 is 2.52 bits per heavy atom. The Balaban J connectivity index is 1.82. The minimum Gasteiger partial charge on any atom is -0.478 e. The number of amides is 2. The zero-order chi connectivity index (χ0) is 19.6. The van der Waals surface area contributed by atoms with Crippen molar-refractivity contribution in [1.82, 2.24) is 9.80 Å². The van der Waals surface area contributed by atoms with Crippen LogP contribution in [0, 0.1) is 0 Å². The summed E-state index contributed by atoms with van der Waals surface area (Å²) in [5.41, 5.74) is 1.05. The van der Waals surface area contributed by atoms with Gasteiger partial charge in [0.1, 0.15) is 5.70 Å². The molecule has 144 valence electrons. The molecule has 0 bridgehead atoms. The number of rotatable bonds is 6. The quantitative estimate of drug-likeness (QED) is 0.587. The van der Waals surface area contributed by atoms with E-state index in [4.69, 9.17) is 5.11 Å². The third-order valence-corrected chi connectivity index (χ3v) is 4.70. The lowest BCUT2D eigenvalue weighted by molar-refractivity contribution is -0.137. The molecule has 1 aromatic rings. The zero-order valence-corrected chi connectivity index (χ0v) is 15.0. The molecule has 0 radical (unpaired) electrons. The van der Waals surface area contributed by atoms with E-state index in [1.807, 2.05) is 7.05 Å². The van der Waals surface area contributed by atoms with Crippen LogP contribution in [0.15, 0.2) is 30.0 Å². The lowest BCUT2D eigenvalue weighted by Gasteiger charge is -2.34. The number of nitrogens with zero attached hydrogens (tertiary/aromatic N) is 3. The van der Waals surface area contributed by atoms with Gasteiger partial charge in [-0.2, -0.15) is 0 Å². The normalized spacial score (nSPS) is 18.1. The Morgan fingerprint density at radius 1 is 1.19 bits per heavy atom. The van der Waals surface area contributed by atoms with E-state index in [-0.39, 0.29) is 30.1 Å². The monoisotopic (exact) mass is 374 g/mol. The largest absolute Gasteiger partial charge is 0.478 e. The number of carbonyl (C=O) groups excluding carboxylic acids is 2. The van der Waals surface area contributed by atoms with E-state index < -0.39 is 17.8 Å². The van der Waals surface area contributed by atoms with Gasteiger partial charge in [-0.25, -0.2) is 4.79 Å². The van der Waals surface area contributed by atoms with Crippen LogP contribution in [-0.2, 0) is 9.59 Å². The van der Waals surface area contributed by atoms with E-state index in [2.05, 4.69) is 15.1 Å². The summed E-state index contributed by atoms with van der Waals surface area (Å²) in [4.78, 5) is 41.0. The summed E-state index contributed by atoms with van der Waals surface area (Å²) in [5.74, 6) is -2.26. The molecule has 9 nitrogen and oxygen atoms in total. The molecule has 3 rings (SSSR count). The summed E-state index contributed by atoms with van der Waals surface area (Å²) in [6, 6.07) is 4.97. The number of anilines is 2. The van der Waals surface area contributed by atoms with Gasteiger partial charge in [-0.3, -0.25) is 14.5 Å². The molecule has 3 N–H and O–H groups in total. The van der Waals surface area contributed by atoms with Crippen LogP contribution in [0.5, 0.6) is 0 Å². The summed E-state index contributed by atoms with van der Waals surface area (Å²) in [7, 11) is 2.04. The van der Waals surface area contributed by atoms with Crippen LogP contribution >= 0.6 is 0 Å². The molecular formula is C18H22N4O5. The number of hydrogen-bond donors (Lipinski definition) is 3. The standard InChI is InChI=1S/C18H22N4O5/c1-20-4-6-21(7-5-20)12-2-3-14(13(10-12)18(26)27)19-15-11-16(24)22(8-9-23)17(15)25/h2-3,10-11,19,23H,4-9H2,1H3,(H,26,27). The van der Waals surface area contributed by atoms with Crippen LogP contribution in [0.1, 0.15) is 10.4 Å². The van der Waals surface area contributed by atoms with Gasteiger partial charge in [-0.05, 0) is 25.2 Å². The third-order valence-electron chi connectivity index (χ3n) is 4.70. The number of carboxylic acid groups (broad SMARTS) is 1. The lowest BCUT2D eigenvalue weighted by Crippen LogP contribution is -2.44. The summed E-state index contributed by atoms with van der Waals surface area (Å²) in [6.45, 7) is 2.96. The maximum Gasteiger partial charge on any atom is 0.337 e. The Labute approximate surface area is 156 Å². The Bertz CT molecular complexity index is 799. The third kappa shape index (κ3) is 3.93. The number of nitrogens with one attached hydrogen (secondary N) is 1. The Hall–Kier alpha value is -2.91. The summed E-state index contributed by atoms with van der Waals surface area (Å²) in [6.07, 6.45) is 1.11. The molecule has 27 heavy (non-hydrogen) atoms. The number of aromatic carboxylic acids is 1. The van der Waals surface area contributed by atoms with Crippen molar-refractivity contribution in [1.29, 1.82) is 0 Å². The van der Waals surface area contributed by atoms with Gasteiger partial charge in [0.2, 0.25) is 0 Å². The SMILES string of the molecule is CN1CCN(c2ccc(NC3=CC(=O)N(CCO)C3=O)c(C(=O)O)c2)CC1. The second kappa shape index (κ2) is 7.77. The van der Waals surface area contributed by atoms with Crippen LogP contribution in [-0.4, -0.2) is 84.2 Å². The van der Waals surface area contributed by atoms with Gasteiger partial charge in [0.15, 0.2) is 0 Å². The number of hydrogen-bond acceptors (Lipinski definition) is 7. The van der Waals surface area contributed by atoms with Gasteiger partial charge in [0.05, 0.1) is 24.4 Å². The Morgan fingerprint density at radius 2 is 1.89 bits per heavy atom. The van der Waals surface area contributed by atoms with Gasteiger partial charge < -0.3 is 25.3 Å². The average Bonchev–Trinajstić information content (AvgIpc) is 2.90. The minimum absolute atomic E-state index is 0.0108. The van der Waals surface area contributed by atoms with Crippen molar-refractivity contribution in [3.8, 4) is 0 Å². The molecule has 0 atom stereocenters. The van der Waals surface area contributed by atoms with Crippen molar-refractivity contribution in [3.63, 3.8) is 0 Å². The van der Waals surface area contributed by atoms with Crippen molar-refractivity contribution in [2.75, 3.05) is 56.6 Å². The van der Waals surface area contributed by atoms with Gasteiger partial charge in [-0.1, -0.05) is 0 Å². The predicted molar refractivity (Wildman–Crippen MR) is 98.6 cm³/mol. The smallest absolute Gasteiger partial charge is 0.337 e. The van der Waals surface area contributed by atoms with E-state index in [1.165, 1.54) is 0 Å². The van der Waals surface area contributed by atoms with Crippen molar-refractivity contribution in [3.05, 3.63) is 35.5 Å². The van der Waals surface area contributed by atoms with E-state index in [9.17, 15) is 19.5 Å².